The lowest BCUT2D eigenvalue weighted by atomic mass is 9.75. The van der Waals surface area contributed by atoms with Gasteiger partial charge in [0.2, 0.25) is 5.91 Å². The first-order valence-electron chi connectivity index (χ1n) is 11.2. The summed E-state index contributed by atoms with van der Waals surface area (Å²) in [6.07, 6.45) is 0.0670. The Labute approximate surface area is 201 Å². The van der Waals surface area contributed by atoms with Crippen molar-refractivity contribution < 1.29 is 33.2 Å². The number of ether oxygens (including phenoxy) is 1. The Bertz CT molecular complexity index is 1190. The highest BCUT2D eigenvalue weighted by Gasteiger charge is 2.48. The van der Waals surface area contributed by atoms with Crippen LogP contribution in [0.2, 0.25) is 0 Å². The molecule has 35 heavy (non-hydrogen) atoms. The van der Waals surface area contributed by atoms with Gasteiger partial charge in [0.25, 0.3) is 0 Å². The Morgan fingerprint density at radius 1 is 0.971 bits per heavy atom. The number of carbonyl (C=O) groups is 2. The van der Waals surface area contributed by atoms with Gasteiger partial charge in [0.15, 0.2) is 0 Å². The van der Waals surface area contributed by atoms with Crippen LogP contribution in [0.1, 0.15) is 43.0 Å². The number of hydrogen-bond acceptors (Lipinski definition) is 5. The molecule has 0 aromatic heterocycles. The summed E-state index contributed by atoms with van der Waals surface area (Å²) in [7, 11) is -1.61. The summed E-state index contributed by atoms with van der Waals surface area (Å²) in [6, 6.07) is 17.5. The molecule has 3 aromatic rings. The van der Waals surface area contributed by atoms with Gasteiger partial charge in [0.1, 0.15) is 17.7 Å². The van der Waals surface area contributed by atoms with Crippen molar-refractivity contribution in [2.75, 3.05) is 4.90 Å². The molecule has 0 saturated carbocycles. The lowest BCUT2D eigenvalue weighted by Gasteiger charge is -2.48. The molecule has 4 rings (SSSR count). The maximum Gasteiger partial charge on any atom is 0.488 e. The summed E-state index contributed by atoms with van der Waals surface area (Å²) in [6.45, 7) is 1.29. The summed E-state index contributed by atoms with van der Waals surface area (Å²) < 4.78 is 32.3. The van der Waals surface area contributed by atoms with Gasteiger partial charge in [-0.25, -0.2) is 8.78 Å². The molecule has 0 aliphatic carbocycles. The van der Waals surface area contributed by atoms with Crippen molar-refractivity contribution >= 4 is 30.1 Å². The maximum atomic E-state index is 13.5. The second kappa shape index (κ2) is 10.4. The van der Waals surface area contributed by atoms with Gasteiger partial charge >= 0.3 is 13.1 Å². The zero-order valence-corrected chi connectivity index (χ0v) is 19.0. The van der Waals surface area contributed by atoms with Crippen LogP contribution in [0, 0.1) is 17.6 Å². The third-order valence-corrected chi connectivity index (χ3v) is 6.18. The molecule has 0 radical (unpaired) electrons. The van der Waals surface area contributed by atoms with Crippen molar-refractivity contribution in [3.63, 3.8) is 0 Å². The molecule has 2 N–H and O–H groups in total. The van der Waals surface area contributed by atoms with Crippen LogP contribution in [0.15, 0.2) is 72.8 Å². The summed E-state index contributed by atoms with van der Waals surface area (Å²) in [5.74, 6) is -1.92. The van der Waals surface area contributed by atoms with Crippen LogP contribution in [0.4, 0.5) is 14.5 Å². The van der Waals surface area contributed by atoms with Gasteiger partial charge in [-0.15, -0.1) is 0 Å². The van der Waals surface area contributed by atoms with E-state index in [-0.39, 0.29) is 11.9 Å². The van der Waals surface area contributed by atoms with Gasteiger partial charge in [-0.2, -0.15) is 0 Å². The molecule has 1 saturated heterocycles. The van der Waals surface area contributed by atoms with Crippen LogP contribution in [0.25, 0.3) is 0 Å². The summed E-state index contributed by atoms with van der Waals surface area (Å²) in [4.78, 5) is 26.5. The minimum atomic E-state index is -1.61. The lowest BCUT2D eigenvalue weighted by Crippen LogP contribution is -2.55. The smallest absolute Gasteiger partial charge is 0.458 e. The quantitative estimate of drug-likeness (QED) is 0.294. The molecular weight excluding hydrogens is 455 g/mol. The molecule has 6 nitrogen and oxygen atoms in total. The molecule has 0 spiro atoms. The van der Waals surface area contributed by atoms with Crippen molar-refractivity contribution in [2.45, 2.75) is 31.9 Å². The molecule has 1 amide bonds. The second-order valence-electron chi connectivity index (χ2n) is 8.50. The number of β-lactam (4-membered cyclic amide) rings is 1. The highest BCUT2D eigenvalue weighted by atomic mass is 19.1. The van der Waals surface area contributed by atoms with Crippen molar-refractivity contribution in [3.8, 4) is 0 Å². The number of benzene rings is 3. The van der Waals surface area contributed by atoms with E-state index < -0.39 is 36.7 Å². The maximum absolute atomic E-state index is 13.5. The topological polar surface area (TPSA) is 87.1 Å². The molecule has 0 unspecified atom stereocenters. The predicted molar refractivity (Wildman–Crippen MR) is 127 cm³/mol. The van der Waals surface area contributed by atoms with Crippen molar-refractivity contribution in [1.82, 2.24) is 0 Å². The highest BCUT2D eigenvalue weighted by molar-refractivity contribution is 6.58. The number of esters is 1. The summed E-state index contributed by atoms with van der Waals surface area (Å²) in [5.41, 5.74) is 2.25. The molecule has 180 valence electrons. The minimum Gasteiger partial charge on any atom is -0.458 e. The minimum absolute atomic E-state index is 0.159. The van der Waals surface area contributed by atoms with E-state index in [2.05, 4.69) is 0 Å². The predicted octanol–water partition coefficient (Wildman–Crippen LogP) is 3.43. The molecule has 1 aliphatic rings. The molecule has 3 atom stereocenters. The van der Waals surface area contributed by atoms with Gasteiger partial charge in [0, 0.05) is 12.6 Å². The second-order valence-corrected chi connectivity index (χ2v) is 8.50. The standard InChI is InChI=1S/C26H24BF2NO5/c1-16(31)35-24(17-4-8-20(28)9-5-17)15-14-23-25(18-2-6-19(7-3-18)27(33)34)30(26(23)32)22-12-10-21(29)11-13-22/h2-13,23-25,33-34H,14-15H2,1H3/t23-,24+,25-/m1/s1. The van der Waals surface area contributed by atoms with Crippen LogP contribution in [-0.4, -0.2) is 29.0 Å². The molecule has 1 aliphatic heterocycles. The van der Waals surface area contributed by atoms with Gasteiger partial charge in [-0.1, -0.05) is 36.4 Å². The van der Waals surface area contributed by atoms with Crippen molar-refractivity contribution in [3.05, 3.63) is 95.6 Å². The highest BCUT2D eigenvalue weighted by Crippen LogP contribution is 2.46. The first-order chi connectivity index (χ1) is 16.7. The van der Waals surface area contributed by atoms with Gasteiger partial charge in [0.05, 0.1) is 12.0 Å². The number of rotatable bonds is 8. The molecule has 1 fully saturated rings. The first-order valence-corrected chi connectivity index (χ1v) is 11.2. The summed E-state index contributed by atoms with van der Waals surface area (Å²) in [5, 5.41) is 18.8. The van der Waals surface area contributed by atoms with Crippen LogP contribution in [0.5, 0.6) is 0 Å². The fourth-order valence-corrected chi connectivity index (χ4v) is 4.47. The van der Waals surface area contributed by atoms with Crippen LogP contribution < -0.4 is 10.4 Å². The Morgan fingerprint density at radius 2 is 1.54 bits per heavy atom. The molecule has 0 bridgehead atoms. The normalized spacial score (nSPS) is 18.1. The Kier molecular flexibility index (Phi) is 7.28. The van der Waals surface area contributed by atoms with Crippen molar-refractivity contribution in [1.29, 1.82) is 0 Å². The van der Waals surface area contributed by atoms with E-state index in [1.807, 2.05) is 0 Å². The molecule has 1 heterocycles. The third kappa shape index (κ3) is 5.42. The van der Waals surface area contributed by atoms with E-state index in [4.69, 9.17) is 4.74 Å². The van der Waals surface area contributed by atoms with Crippen LogP contribution >= 0.6 is 0 Å². The van der Waals surface area contributed by atoms with Crippen LogP contribution in [0.3, 0.4) is 0 Å². The fourth-order valence-electron chi connectivity index (χ4n) is 4.47. The number of anilines is 1. The van der Waals surface area contributed by atoms with Gasteiger partial charge in [-0.3, -0.25) is 9.59 Å². The average molecular weight is 479 g/mol. The zero-order valence-electron chi connectivity index (χ0n) is 19.0. The number of amides is 1. The number of halogens is 2. The largest absolute Gasteiger partial charge is 0.488 e. The Balaban J connectivity index is 1.60. The summed E-state index contributed by atoms with van der Waals surface area (Å²) >= 11 is 0. The van der Waals surface area contributed by atoms with Crippen LogP contribution in [-0.2, 0) is 14.3 Å². The van der Waals surface area contributed by atoms with E-state index >= 15 is 0 Å². The van der Waals surface area contributed by atoms with E-state index in [1.54, 1.807) is 41.3 Å². The van der Waals surface area contributed by atoms with Crippen molar-refractivity contribution in [2.24, 2.45) is 5.92 Å². The van der Waals surface area contributed by atoms with E-state index in [0.717, 1.165) is 5.56 Å². The van der Waals surface area contributed by atoms with Gasteiger partial charge in [-0.05, 0) is 65.8 Å². The number of carbonyl (C=O) groups excluding carboxylic acids is 2. The first kappa shape index (κ1) is 24.6. The lowest BCUT2D eigenvalue weighted by molar-refractivity contribution is -0.147. The number of nitrogens with zero attached hydrogens (tertiary/aromatic N) is 1. The third-order valence-electron chi connectivity index (χ3n) is 6.18. The molecule has 3 aromatic carbocycles. The van der Waals surface area contributed by atoms with E-state index in [1.165, 1.54) is 43.3 Å². The fraction of sp³-hybridized carbons (Fsp3) is 0.231. The van der Waals surface area contributed by atoms with Gasteiger partial charge < -0.3 is 19.7 Å². The number of hydrogen-bond donors (Lipinski definition) is 2. The van der Waals surface area contributed by atoms with E-state index in [0.29, 0.717) is 29.6 Å². The SMILES string of the molecule is CC(=O)O[C@@H](CC[C@H]1C(=O)N(c2ccc(F)cc2)[C@@H]1c1ccc(B(O)O)cc1)c1ccc(F)cc1. The monoisotopic (exact) mass is 479 g/mol. The Morgan fingerprint density at radius 3 is 2.09 bits per heavy atom. The average Bonchev–Trinajstić information content (AvgIpc) is 2.83. The zero-order chi connectivity index (χ0) is 25.1. The molecule has 9 heteroatoms. The molecular formula is C26H24BF2NO5. The van der Waals surface area contributed by atoms with E-state index in [9.17, 15) is 28.4 Å². The Hall–Kier alpha value is -3.56.